The van der Waals surface area contributed by atoms with Gasteiger partial charge in [0.2, 0.25) is 0 Å². The fourth-order valence-electron chi connectivity index (χ4n) is 4.37. The van der Waals surface area contributed by atoms with Crippen molar-refractivity contribution in [2.24, 2.45) is 4.99 Å². The molecular weight excluding hydrogens is 529 g/mol. The Morgan fingerprint density at radius 3 is 2.67 bits per heavy atom. The Labute approximate surface area is 214 Å². The zero-order valence-electron chi connectivity index (χ0n) is 19.7. The standard InChI is InChI=1S/C25H37N5O2.HI/c1-2-26-25(27-15-11-21-7-9-22(10-8-21)30-16-5-14-28-30)29-17-12-23(13-18-29)32-20-24-6-3-4-19-31-24;/h5,7-10,14,16,23-24H,2-4,6,11-13,15,17-20H2,1H3,(H,26,27);1H. The molecule has 182 valence electrons. The van der Waals surface area contributed by atoms with Crippen molar-refractivity contribution in [3.05, 3.63) is 48.3 Å². The van der Waals surface area contributed by atoms with Gasteiger partial charge in [-0.15, -0.1) is 24.0 Å². The highest BCUT2D eigenvalue weighted by atomic mass is 127. The van der Waals surface area contributed by atoms with Gasteiger partial charge in [0.05, 0.1) is 24.5 Å². The second-order valence-corrected chi connectivity index (χ2v) is 8.61. The van der Waals surface area contributed by atoms with Gasteiger partial charge >= 0.3 is 0 Å². The predicted octanol–water partition coefficient (Wildman–Crippen LogP) is 4.05. The first kappa shape index (κ1) is 26.0. The van der Waals surface area contributed by atoms with Crippen LogP contribution in [0.25, 0.3) is 5.69 Å². The van der Waals surface area contributed by atoms with Crippen molar-refractivity contribution < 1.29 is 9.47 Å². The maximum absolute atomic E-state index is 6.17. The smallest absolute Gasteiger partial charge is 0.193 e. The first-order chi connectivity index (χ1) is 15.8. The molecule has 7 nitrogen and oxygen atoms in total. The van der Waals surface area contributed by atoms with Crippen LogP contribution in [0.3, 0.4) is 0 Å². The summed E-state index contributed by atoms with van der Waals surface area (Å²) in [5.41, 5.74) is 2.37. The average Bonchev–Trinajstić information content (AvgIpc) is 3.39. The minimum atomic E-state index is 0. The second kappa shape index (κ2) is 13.9. The number of aromatic nitrogens is 2. The molecule has 1 N–H and O–H groups in total. The third-order valence-corrected chi connectivity index (χ3v) is 6.24. The lowest BCUT2D eigenvalue weighted by Crippen LogP contribution is -2.47. The minimum absolute atomic E-state index is 0. The molecule has 1 aromatic carbocycles. The average molecular weight is 568 g/mol. The maximum atomic E-state index is 6.17. The number of likely N-dealkylation sites (tertiary alicyclic amines) is 1. The molecule has 33 heavy (non-hydrogen) atoms. The zero-order valence-corrected chi connectivity index (χ0v) is 22.0. The number of hydrogen-bond donors (Lipinski definition) is 1. The molecule has 4 rings (SSSR count). The Kier molecular flexibility index (Phi) is 10.9. The lowest BCUT2D eigenvalue weighted by Gasteiger charge is -2.35. The van der Waals surface area contributed by atoms with E-state index in [2.05, 4.69) is 46.5 Å². The number of aliphatic imine (C=N–C) groups is 1. The summed E-state index contributed by atoms with van der Waals surface area (Å²) in [7, 11) is 0. The van der Waals surface area contributed by atoms with Gasteiger partial charge in [0.25, 0.3) is 0 Å². The van der Waals surface area contributed by atoms with E-state index in [1.807, 2.05) is 16.9 Å². The van der Waals surface area contributed by atoms with Crippen LogP contribution in [0.4, 0.5) is 0 Å². The van der Waals surface area contributed by atoms with Gasteiger partial charge in [-0.05, 0) is 69.2 Å². The number of benzene rings is 1. The summed E-state index contributed by atoms with van der Waals surface area (Å²) in [6.07, 6.45) is 11.0. The molecule has 8 heteroatoms. The van der Waals surface area contributed by atoms with Crippen molar-refractivity contribution >= 4 is 29.9 Å². The molecule has 0 radical (unpaired) electrons. The molecule has 0 spiro atoms. The summed E-state index contributed by atoms with van der Waals surface area (Å²) < 4.78 is 13.8. The molecule has 3 heterocycles. The van der Waals surface area contributed by atoms with E-state index in [1.54, 1.807) is 6.20 Å². The van der Waals surface area contributed by atoms with Gasteiger partial charge in [-0.1, -0.05) is 12.1 Å². The summed E-state index contributed by atoms with van der Waals surface area (Å²) in [4.78, 5) is 7.28. The third kappa shape index (κ3) is 7.96. The van der Waals surface area contributed by atoms with Crippen LogP contribution in [0, 0.1) is 0 Å². The topological polar surface area (TPSA) is 63.9 Å². The van der Waals surface area contributed by atoms with Gasteiger partial charge in [0.1, 0.15) is 0 Å². The lowest BCUT2D eigenvalue weighted by atomic mass is 10.1. The van der Waals surface area contributed by atoms with Crippen molar-refractivity contribution in [2.75, 3.05) is 39.4 Å². The van der Waals surface area contributed by atoms with Gasteiger partial charge in [0, 0.05) is 45.2 Å². The molecule has 2 saturated heterocycles. The van der Waals surface area contributed by atoms with Crippen molar-refractivity contribution in [3.63, 3.8) is 0 Å². The number of guanidine groups is 1. The van der Waals surface area contributed by atoms with Gasteiger partial charge < -0.3 is 19.7 Å². The largest absolute Gasteiger partial charge is 0.376 e. The Morgan fingerprint density at radius 1 is 1.18 bits per heavy atom. The summed E-state index contributed by atoms with van der Waals surface area (Å²) >= 11 is 0. The van der Waals surface area contributed by atoms with E-state index in [9.17, 15) is 0 Å². The number of halogens is 1. The van der Waals surface area contributed by atoms with Crippen LogP contribution in [0.2, 0.25) is 0 Å². The first-order valence-electron chi connectivity index (χ1n) is 12.2. The van der Waals surface area contributed by atoms with Crippen LogP contribution in [-0.2, 0) is 15.9 Å². The first-order valence-corrected chi connectivity index (χ1v) is 12.2. The lowest BCUT2D eigenvalue weighted by molar-refractivity contribution is -0.0721. The van der Waals surface area contributed by atoms with Gasteiger partial charge in [0.15, 0.2) is 5.96 Å². The summed E-state index contributed by atoms with van der Waals surface area (Å²) in [5.74, 6) is 1.02. The van der Waals surface area contributed by atoms with Gasteiger partial charge in [-0.2, -0.15) is 5.10 Å². The van der Waals surface area contributed by atoms with E-state index >= 15 is 0 Å². The number of hydrogen-bond acceptors (Lipinski definition) is 4. The van der Waals surface area contributed by atoms with Crippen molar-refractivity contribution in [2.45, 2.75) is 57.7 Å². The maximum Gasteiger partial charge on any atom is 0.193 e. The summed E-state index contributed by atoms with van der Waals surface area (Å²) in [6.45, 7) is 7.40. The molecule has 0 saturated carbocycles. The fourth-order valence-corrected chi connectivity index (χ4v) is 4.37. The molecule has 0 aliphatic carbocycles. The van der Waals surface area contributed by atoms with Crippen molar-refractivity contribution in [3.8, 4) is 5.69 Å². The summed E-state index contributed by atoms with van der Waals surface area (Å²) in [5, 5.41) is 7.75. The van der Waals surface area contributed by atoms with E-state index in [0.717, 1.165) is 76.7 Å². The fraction of sp³-hybridized carbons (Fsp3) is 0.600. The molecule has 2 aliphatic rings. The monoisotopic (exact) mass is 567 g/mol. The van der Waals surface area contributed by atoms with E-state index < -0.39 is 0 Å². The molecule has 0 amide bonds. The van der Waals surface area contributed by atoms with Gasteiger partial charge in [-0.3, -0.25) is 4.99 Å². The minimum Gasteiger partial charge on any atom is -0.376 e. The molecule has 2 aromatic rings. The van der Waals surface area contributed by atoms with Crippen LogP contribution in [-0.4, -0.2) is 72.2 Å². The highest BCUT2D eigenvalue weighted by molar-refractivity contribution is 14.0. The Hall–Kier alpha value is -1.65. The van der Waals surface area contributed by atoms with Crippen LogP contribution in [0.5, 0.6) is 0 Å². The third-order valence-electron chi connectivity index (χ3n) is 6.24. The Bertz CT molecular complexity index is 814. The SMILES string of the molecule is CCNC(=NCCc1ccc(-n2cccn2)cc1)N1CCC(OCC2CCCCO2)CC1.I. The molecule has 0 bridgehead atoms. The number of piperidine rings is 1. The highest BCUT2D eigenvalue weighted by Crippen LogP contribution is 2.18. The normalized spacial score (nSPS) is 19.8. The Balaban J connectivity index is 0.00000306. The van der Waals surface area contributed by atoms with E-state index in [0.29, 0.717) is 12.2 Å². The number of nitrogens with zero attached hydrogens (tertiary/aromatic N) is 4. The van der Waals surface area contributed by atoms with Crippen molar-refractivity contribution in [1.82, 2.24) is 20.0 Å². The van der Waals surface area contributed by atoms with E-state index in [-0.39, 0.29) is 24.0 Å². The molecule has 2 fully saturated rings. The summed E-state index contributed by atoms with van der Waals surface area (Å²) in [6, 6.07) is 10.5. The van der Waals surface area contributed by atoms with E-state index in [1.165, 1.54) is 18.4 Å². The quantitative estimate of drug-likeness (QED) is 0.297. The molecule has 1 aromatic heterocycles. The Morgan fingerprint density at radius 2 is 2.00 bits per heavy atom. The van der Waals surface area contributed by atoms with Crippen molar-refractivity contribution in [1.29, 1.82) is 0 Å². The van der Waals surface area contributed by atoms with Crippen LogP contribution in [0.1, 0.15) is 44.6 Å². The van der Waals surface area contributed by atoms with Gasteiger partial charge in [-0.25, -0.2) is 4.68 Å². The number of ether oxygens (including phenoxy) is 2. The molecule has 1 unspecified atom stereocenters. The highest BCUT2D eigenvalue weighted by Gasteiger charge is 2.23. The van der Waals surface area contributed by atoms with E-state index in [4.69, 9.17) is 14.5 Å². The molecule has 2 aliphatic heterocycles. The number of rotatable bonds is 8. The predicted molar refractivity (Wildman–Crippen MR) is 143 cm³/mol. The second-order valence-electron chi connectivity index (χ2n) is 8.61. The molecule has 1 atom stereocenters. The van der Waals surface area contributed by atoms with Crippen LogP contribution in [0.15, 0.2) is 47.7 Å². The molecular formula is C25H38IN5O2. The zero-order chi connectivity index (χ0) is 22.0. The number of nitrogens with one attached hydrogen (secondary N) is 1. The van der Waals surface area contributed by atoms with Crippen LogP contribution < -0.4 is 5.32 Å². The van der Waals surface area contributed by atoms with Crippen LogP contribution >= 0.6 is 24.0 Å².